The maximum atomic E-state index is 12.2. The maximum Gasteiger partial charge on any atom is 0.255 e. The van der Waals surface area contributed by atoms with Crippen molar-refractivity contribution in [3.8, 4) is 11.8 Å². The highest BCUT2D eigenvalue weighted by atomic mass is 16.2. The third-order valence-corrected chi connectivity index (χ3v) is 2.84. The molecule has 1 aromatic heterocycles. The Labute approximate surface area is 120 Å². The van der Waals surface area contributed by atoms with Crippen molar-refractivity contribution >= 4 is 5.91 Å². The van der Waals surface area contributed by atoms with E-state index in [1.165, 1.54) is 0 Å². The van der Waals surface area contributed by atoms with Gasteiger partial charge in [0.15, 0.2) is 0 Å². The van der Waals surface area contributed by atoms with Crippen molar-refractivity contribution in [1.29, 1.82) is 0 Å². The molecule has 0 aliphatic heterocycles. The zero-order valence-electron chi connectivity index (χ0n) is 12.4. The number of amides is 1. The molecular formula is C16H22N2O2. The molecule has 1 amide bonds. The van der Waals surface area contributed by atoms with Crippen LogP contribution in [0.2, 0.25) is 0 Å². The number of aromatic nitrogens is 1. The molecule has 20 heavy (non-hydrogen) atoms. The Morgan fingerprint density at radius 3 is 2.85 bits per heavy atom. The Bertz CT molecular complexity index is 501. The Balaban J connectivity index is 2.73. The molecule has 0 saturated carbocycles. The maximum absolute atomic E-state index is 12.2. The molecular weight excluding hydrogens is 252 g/mol. The molecule has 0 aliphatic carbocycles. The van der Waals surface area contributed by atoms with Crippen LogP contribution in [0.25, 0.3) is 0 Å². The Hall–Kier alpha value is -1.86. The summed E-state index contributed by atoms with van der Waals surface area (Å²) >= 11 is 0. The van der Waals surface area contributed by atoms with Crippen molar-refractivity contribution in [3.63, 3.8) is 0 Å². The standard InChI is InChI=1S/C16H22N2O2/c1-13(2)7-8-18(3)16(20)15-10-14(11-17-12-15)6-4-5-9-19/h10-13,19H,5,7-9H2,1-3H3. The van der Waals surface area contributed by atoms with E-state index < -0.39 is 0 Å². The quantitative estimate of drug-likeness (QED) is 0.835. The van der Waals surface area contributed by atoms with Gasteiger partial charge in [0.1, 0.15) is 0 Å². The fourth-order valence-corrected chi connectivity index (χ4v) is 1.62. The van der Waals surface area contributed by atoms with Crippen LogP contribution in [0.3, 0.4) is 0 Å². The van der Waals surface area contributed by atoms with E-state index in [1.54, 1.807) is 30.4 Å². The van der Waals surface area contributed by atoms with Gasteiger partial charge in [-0.1, -0.05) is 25.7 Å². The molecule has 0 fully saturated rings. The molecule has 4 nitrogen and oxygen atoms in total. The molecule has 1 aromatic rings. The minimum Gasteiger partial charge on any atom is -0.395 e. The Morgan fingerprint density at radius 2 is 2.20 bits per heavy atom. The lowest BCUT2D eigenvalue weighted by Crippen LogP contribution is -2.28. The second-order valence-corrected chi connectivity index (χ2v) is 5.15. The number of carbonyl (C=O) groups is 1. The summed E-state index contributed by atoms with van der Waals surface area (Å²) in [7, 11) is 1.80. The van der Waals surface area contributed by atoms with Crippen molar-refractivity contribution in [3.05, 3.63) is 29.6 Å². The van der Waals surface area contributed by atoms with E-state index in [-0.39, 0.29) is 12.5 Å². The lowest BCUT2D eigenvalue weighted by atomic mass is 10.1. The first-order chi connectivity index (χ1) is 9.54. The van der Waals surface area contributed by atoms with Gasteiger partial charge < -0.3 is 10.0 Å². The molecule has 1 heterocycles. The Kier molecular flexibility index (Phi) is 6.75. The van der Waals surface area contributed by atoms with Gasteiger partial charge in [-0.3, -0.25) is 9.78 Å². The highest BCUT2D eigenvalue weighted by molar-refractivity contribution is 5.94. The number of hydrogen-bond donors (Lipinski definition) is 1. The first-order valence-electron chi connectivity index (χ1n) is 6.85. The summed E-state index contributed by atoms with van der Waals surface area (Å²) in [5.41, 5.74) is 1.24. The molecule has 0 radical (unpaired) electrons. The van der Waals surface area contributed by atoms with Crippen molar-refractivity contribution < 1.29 is 9.90 Å². The van der Waals surface area contributed by atoms with Crippen LogP contribution in [0.5, 0.6) is 0 Å². The summed E-state index contributed by atoms with van der Waals surface area (Å²) in [6.07, 6.45) is 4.58. The zero-order valence-corrected chi connectivity index (χ0v) is 12.4. The van der Waals surface area contributed by atoms with Crippen LogP contribution in [0.1, 0.15) is 42.6 Å². The van der Waals surface area contributed by atoms with E-state index >= 15 is 0 Å². The highest BCUT2D eigenvalue weighted by Gasteiger charge is 2.12. The van der Waals surface area contributed by atoms with Gasteiger partial charge >= 0.3 is 0 Å². The van der Waals surface area contributed by atoms with Crippen LogP contribution in [-0.4, -0.2) is 41.1 Å². The molecule has 1 rings (SSSR count). The van der Waals surface area contributed by atoms with E-state index in [9.17, 15) is 4.79 Å². The predicted molar refractivity (Wildman–Crippen MR) is 79.2 cm³/mol. The summed E-state index contributed by atoms with van der Waals surface area (Å²) in [4.78, 5) is 18.0. The highest BCUT2D eigenvalue weighted by Crippen LogP contribution is 2.07. The molecule has 0 aromatic carbocycles. The van der Waals surface area contributed by atoms with E-state index in [1.807, 2.05) is 0 Å². The van der Waals surface area contributed by atoms with E-state index in [4.69, 9.17) is 5.11 Å². The smallest absolute Gasteiger partial charge is 0.255 e. The molecule has 0 bridgehead atoms. The van der Waals surface area contributed by atoms with Crippen LogP contribution in [0.15, 0.2) is 18.5 Å². The minimum absolute atomic E-state index is 0.0380. The number of carbonyl (C=O) groups excluding carboxylic acids is 1. The predicted octanol–water partition coefficient (Wildman–Crippen LogP) is 1.93. The van der Waals surface area contributed by atoms with Gasteiger partial charge in [0.2, 0.25) is 0 Å². The molecule has 0 unspecified atom stereocenters. The molecule has 0 saturated heterocycles. The monoisotopic (exact) mass is 274 g/mol. The number of aliphatic hydroxyl groups excluding tert-OH is 1. The lowest BCUT2D eigenvalue weighted by molar-refractivity contribution is 0.0788. The van der Waals surface area contributed by atoms with Crippen molar-refractivity contribution in [2.45, 2.75) is 26.7 Å². The molecule has 4 heteroatoms. The molecule has 108 valence electrons. The lowest BCUT2D eigenvalue weighted by Gasteiger charge is -2.18. The number of hydrogen-bond acceptors (Lipinski definition) is 3. The number of pyridine rings is 1. The van der Waals surface area contributed by atoms with Crippen LogP contribution in [0.4, 0.5) is 0 Å². The summed E-state index contributed by atoms with van der Waals surface area (Å²) < 4.78 is 0. The van der Waals surface area contributed by atoms with Gasteiger partial charge in [-0.05, 0) is 18.4 Å². The first kappa shape index (κ1) is 16.2. The van der Waals surface area contributed by atoms with Gasteiger partial charge in [0, 0.05) is 38.0 Å². The van der Waals surface area contributed by atoms with E-state index in [0.717, 1.165) is 13.0 Å². The minimum atomic E-state index is -0.0380. The molecule has 1 N–H and O–H groups in total. The third-order valence-electron chi connectivity index (χ3n) is 2.84. The fourth-order valence-electron chi connectivity index (χ4n) is 1.62. The molecule has 0 aliphatic rings. The summed E-state index contributed by atoms with van der Waals surface area (Å²) in [5, 5.41) is 8.68. The van der Waals surface area contributed by atoms with Gasteiger partial charge in [-0.15, -0.1) is 0 Å². The zero-order chi connectivity index (χ0) is 15.0. The van der Waals surface area contributed by atoms with Crippen molar-refractivity contribution in [1.82, 2.24) is 9.88 Å². The van der Waals surface area contributed by atoms with Crippen molar-refractivity contribution in [2.75, 3.05) is 20.2 Å². The second-order valence-electron chi connectivity index (χ2n) is 5.15. The topological polar surface area (TPSA) is 53.4 Å². The third kappa shape index (κ3) is 5.41. The number of rotatable bonds is 5. The average molecular weight is 274 g/mol. The van der Waals surface area contributed by atoms with E-state index in [0.29, 0.717) is 23.5 Å². The largest absolute Gasteiger partial charge is 0.395 e. The summed E-state index contributed by atoms with van der Waals surface area (Å²) in [6.45, 7) is 5.04. The second kappa shape index (κ2) is 8.34. The van der Waals surface area contributed by atoms with Crippen LogP contribution >= 0.6 is 0 Å². The molecule has 0 spiro atoms. The van der Waals surface area contributed by atoms with Gasteiger partial charge in [-0.25, -0.2) is 0 Å². The fraction of sp³-hybridized carbons (Fsp3) is 0.500. The number of nitrogens with zero attached hydrogens (tertiary/aromatic N) is 2. The van der Waals surface area contributed by atoms with Gasteiger partial charge in [0.05, 0.1) is 12.2 Å². The van der Waals surface area contributed by atoms with Crippen molar-refractivity contribution in [2.24, 2.45) is 5.92 Å². The summed E-state index contributed by atoms with van der Waals surface area (Å²) in [6, 6.07) is 1.74. The van der Waals surface area contributed by atoms with Gasteiger partial charge in [0.25, 0.3) is 5.91 Å². The summed E-state index contributed by atoms with van der Waals surface area (Å²) in [5.74, 6) is 6.24. The number of aliphatic hydroxyl groups is 1. The van der Waals surface area contributed by atoms with Crippen LogP contribution in [0, 0.1) is 17.8 Å². The van der Waals surface area contributed by atoms with Crippen LogP contribution in [-0.2, 0) is 0 Å². The average Bonchev–Trinajstić information content (AvgIpc) is 2.44. The normalized spacial score (nSPS) is 10.1. The first-order valence-corrected chi connectivity index (χ1v) is 6.85. The molecule has 0 atom stereocenters. The SMILES string of the molecule is CC(C)CCN(C)C(=O)c1cncc(C#CCCO)c1. The van der Waals surface area contributed by atoms with E-state index in [2.05, 4.69) is 30.7 Å². The van der Waals surface area contributed by atoms with Crippen LogP contribution < -0.4 is 0 Å². The Morgan fingerprint density at radius 1 is 1.45 bits per heavy atom. The van der Waals surface area contributed by atoms with Gasteiger partial charge in [-0.2, -0.15) is 0 Å².